The standard InChI is InChI=1S/C77H106N18O15S/c1-7-43(6)66-77(110)91-59(38-96)68(101)84-37-62(98)85-53(24-14-16-28-78)69(102)90-58(34-61(80)97)71(104)89-57(33-48-36-83-52-23-13-11-21-50(48)52)74(107)93-64(41(2)3)75(108)87-54(25-15-17-29-79)70(103)88-56(32-47-35-82-51-22-12-10-20-49(47)51)73(106)94-65(42(4)5)76(109)92-60(67(81)100)39-111-40-63(99)86-55(72(105)95-66)31-44-26-27-45-18-8-9-19-46(45)30-44/h8-13,18-23,26-27,30,35-36,41-43,53-60,64-66,82-83,96H,7,14-17,24-25,28-29,31-34,37-40,78-79H2,1-6H3,(H2,80,97)(H2,81,100)(H,84,101)(H,85,98)(H,86,99)(H,87,108)(H,88,103)(H,89,104)(H,90,102)(H,91,110)(H,92,109)(H,93,107)(H,94,106)(H,95,105)/t43-,53-,54-,55-,56+,57-,58-,59-,60-,64-,65-,66-/m0/s1. The first-order chi connectivity index (χ1) is 53.0. The van der Waals surface area contributed by atoms with Crippen LogP contribution in [0.25, 0.3) is 32.6 Å². The summed E-state index contributed by atoms with van der Waals surface area (Å²) in [6, 6.07) is 10.5. The van der Waals surface area contributed by atoms with Crippen LogP contribution in [0.15, 0.2) is 103 Å². The number of carbonyl (C=O) groups is 14. The molecule has 0 saturated carbocycles. The third-order valence-corrected chi connectivity index (χ3v) is 20.3. The van der Waals surface area contributed by atoms with Crippen LogP contribution in [-0.4, -0.2) is 202 Å². The number of amides is 14. The Labute approximate surface area is 647 Å². The highest BCUT2D eigenvalue weighted by Gasteiger charge is 2.39. The van der Waals surface area contributed by atoms with Crippen LogP contribution >= 0.6 is 11.8 Å². The minimum Gasteiger partial charge on any atom is -0.394 e. The van der Waals surface area contributed by atoms with Crippen molar-refractivity contribution in [2.24, 2.45) is 40.7 Å². The molecule has 0 radical (unpaired) electrons. The lowest BCUT2D eigenvalue weighted by molar-refractivity contribution is -0.137. The Balaban J connectivity index is 1.26. The van der Waals surface area contributed by atoms with Gasteiger partial charge < -0.3 is 102 Å². The number of H-pyrrole nitrogens is 2. The average molecular weight is 1560 g/mol. The third-order valence-electron chi connectivity index (χ3n) is 19.3. The largest absolute Gasteiger partial charge is 0.394 e. The lowest BCUT2D eigenvalue weighted by atomic mass is 9.96. The number of aromatic nitrogens is 2. The summed E-state index contributed by atoms with van der Waals surface area (Å²) in [5, 5.41) is 45.2. The predicted octanol–water partition coefficient (Wildman–Crippen LogP) is -1.00. The van der Waals surface area contributed by atoms with Crippen molar-refractivity contribution in [2.45, 2.75) is 179 Å². The molecule has 0 spiro atoms. The number of aliphatic hydroxyl groups excluding tert-OH is 1. The van der Waals surface area contributed by atoms with Crippen LogP contribution in [0.4, 0.5) is 0 Å². The molecule has 3 heterocycles. The zero-order chi connectivity index (χ0) is 81.0. The fraction of sp³-hybridized carbons (Fsp3) is 0.481. The molecule has 1 aliphatic rings. The smallest absolute Gasteiger partial charge is 0.245 e. The number of benzene rings is 4. The van der Waals surface area contributed by atoms with Gasteiger partial charge in [0.05, 0.1) is 25.3 Å². The molecule has 6 aromatic rings. The summed E-state index contributed by atoms with van der Waals surface area (Å²) in [7, 11) is 0. The van der Waals surface area contributed by atoms with Gasteiger partial charge in [0, 0.05) is 59.2 Å². The maximum Gasteiger partial charge on any atom is 0.245 e. The van der Waals surface area contributed by atoms with Crippen molar-refractivity contribution >= 4 is 127 Å². The van der Waals surface area contributed by atoms with Gasteiger partial charge in [-0.3, -0.25) is 67.1 Å². The summed E-state index contributed by atoms with van der Waals surface area (Å²) in [6.07, 6.45) is 3.28. The Morgan fingerprint density at radius 3 is 1.42 bits per heavy atom. The summed E-state index contributed by atoms with van der Waals surface area (Å²) >= 11 is 0.873. The molecule has 12 atom stereocenters. The van der Waals surface area contributed by atoms with Crippen molar-refractivity contribution in [2.75, 3.05) is 37.7 Å². The van der Waals surface area contributed by atoms with Gasteiger partial charge in [-0.2, -0.15) is 0 Å². The highest BCUT2D eigenvalue weighted by atomic mass is 32.2. The van der Waals surface area contributed by atoms with Crippen LogP contribution < -0.4 is 86.7 Å². The normalized spacial score (nSPS) is 23.4. The predicted molar refractivity (Wildman–Crippen MR) is 418 cm³/mol. The Morgan fingerprint density at radius 2 is 0.910 bits per heavy atom. The molecule has 23 N–H and O–H groups in total. The number of rotatable bonds is 22. The number of fused-ring (bicyclic) bond motifs is 3. The number of carbonyl (C=O) groups excluding carboxylic acids is 14. The molecule has 1 aliphatic heterocycles. The molecule has 34 heteroatoms. The van der Waals surface area contributed by atoms with Crippen molar-refractivity contribution in [3.05, 3.63) is 120 Å². The molecular formula is C77H106N18O15S. The van der Waals surface area contributed by atoms with E-state index >= 15 is 9.59 Å². The van der Waals surface area contributed by atoms with Crippen LogP contribution in [-0.2, 0) is 86.4 Å². The summed E-state index contributed by atoms with van der Waals surface area (Å²) < 4.78 is 0. The van der Waals surface area contributed by atoms with Crippen LogP contribution in [0.5, 0.6) is 0 Å². The fourth-order valence-corrected chi connectivity index (χ4v) is 13.6. The first kappa shape index (κ1) is 87.3. The number of nitrogens with two attached hydrogens (primary N) is 4. The molecule has 1 saturated heterocycles. The molecule has 600 valence electrons. The monoisotopic (exact) mass is 1550 g/mol. The molecule has 14 amide bonds. The van der Waals surface area contributed by atoms with Gasteiger partial charge in [-0.1, -0.05) is 127 Å². The van der Waals surface area contributed by atoms with Crippen LogP contribution in [0.2, 0.25) is 0 Å². The summed E-state index contributed by atoms with van der Waals surface area (Å²) in [5.74, 6) is -15.9. The van der Waals surface area contributed by atoms with Gasteiger partial charge in [0.25, 0.3) is 0 Å². The quantitative estimate of drug-likeness (QED) is 0.0362. The molecule has 111 heavy (non-hydrogen) atoms. The number of aliphatic hydroxyl groups is 1. The second-order valence-electron chi connectivity index (χ2n) is 28.5. The van der Waals surface area contributed by atoms with Crippen molar-refractivity contribution in [1.82, 2.24) is 73.8 Å². The number of unbranched alkanes of at least 4 members (excludes halogenated alkanes) is 2. The number of nitrogens with one attached hydrogen (secondary N) is 14. The lowest BCUT2D eigenvalue weighted by Crippen LogP contribution is -2.62. The van der Waals surface area contributed by atoms with Crippen molar-refractivity contribution in [1.29, 1.82) is 0 Å². The van der Waals surface area contributed by atoms with Crippen molar-refractivity contribution < 1.29 is 72.2 Å². The first-order valence-electron chi connectivity index (χ1n) is 37.4. The van der Waals surface area contributed by atoms with Crippen LogP contribution in [0, 0.1) is 17.8 Å². The first-order valence-corrected chi connectivity index (χ1v) is 38.5. The number of para-hydroxylation sites is 2. The van der Waals surface area contributed by atoms with E-state index in [1.165, 1.54) is 0 Å². The SMILES string of the molecule is CC[C@H](C)[C@@H]1NC(=O)[C@H](Cc2ccc3ccccc3c2)NC(=O)CSC[C@@H](C(N)=O)NC(=O)[C@H](C(C)C)NC(=O)[C@@H](Cc2c[nH]c3ccccc23)NC(=O)[C@H](CCCCN)NC(=O)[C@H](C(C)C)NC(=O)[C@H](Cc2c[nH]c3ccccc23)NC(=O)[C@H](CC(N)=O)NC(=O)[C@H](CCCCN)NC(=O)CNC(=O)[C@H](CO)NC1=O. The lowest BCUT2D eigenvalue weighted by Gasteiger charge is -2.29. The highest BCUT2D eigenvalue weighted by Crippen LogP contribution is 2.24. The maximum atomic E-state index is 15.0. The summed E-state index contributed by atoms with van der Waals surface area (Å²) in [6.45, 7) is 8.37. The Kier molecular flexibility index (Phi) is 33.7. The zero-order valence-corrected chi connectivity index (χ0v) is 64.1. The van der Waals surface area contributed by atoms with Gasteiger partial charge in [-0.15, -0.1) is 11.8 Å². The van der Waals surface area contributed by atoms with Gasteiger partial charge in [0.15, 0.2) is 0 Å². The van der Waals surface area contributed by atoms with Crippen molar-refractivity contribution in [3.63, 3.8) is 0 Å². The molecule has 2 aromatic heterocycles. The van der Waals surface area contributed by atoms with Crippen LogP contribution in [0.1, 0.15) is 110 Å². The molecule has 1 fully saturated rings. The van der Waals surface area contributed by atoms with Gasteiger partial charge in [-0.05, 0) is 109 Å². The van der Waals surface area contributed by atoms with E-state index in [0.29, 0.717) is 51.3 Å². The molecular weight excluding hydrogens is 1450 g/mol. The average Bonchev–Trinajstić information content (AvgIpc) is 1.74. The molecule has 0 bridgehead atoms. The third kappa shape index (κ3) is 25.8. The second-order valence-corrected chi connectivity index (χ2v) is 29.5. The number of hydrogen-bond acceptors (Lipinski definition) is 18. The van der Waals surface area contributed by atoms with Crippen molar-refractivity contribution in [3.8, 4) is 0 Å². The highest BCUT2D eigenvalue weighted by molar-refractivity contribution is 8.00. The molecule has 0 aliphatic carbocycles. The van der Waals surface area contributed by atoms with E-state index in [0.717, 1.165) is 22.5 Å². The van der Waals surface area contributed by atoms with Crippen LogP contribution in [0.3, 0.4) is 0 Å². The van der Waals surface area contributed by atoms with E-state index in [9.17, 15) is 62.6 Å². The number of aromatic amines is 2. The van der Waals surface area contributed by atoms with Gasteiger partial charge >= 0.3 is 0 Å². The minimum absolute atomic E-state index is 0.0362. The molecule has 4 aromatic carbocycles. The van der Waals surface area contributed by atoms with E-state index in [2.05, 4.69) is 73.8 Å². The molecule has 33 nitrogen and oxygen atoms in total. The Morgan fingerprint density at radius 1 is 0.468 bits per heavy atom. The maximum absolute atomic E-state index is 15.0. The van der Waals surface area contributed by atoms with E-state index in [1.54, 1.807) is 102 Å². The number of thioether (sulfide) groups is 1. The summed E-state index contributed by atoms with van der Waals surface area (Å²) in [5.41, 5.74) is 26.4. The van der Waals surface area contributed by atoms with Gasteiger partial charge in [-0.25, -0.2) is 0 Å². The summed E-state index contributed by atoms with van der Waals surface area (Å²) in [4.78, 5) is 207. The Hall–Kier alpha value is -11.0. The van der Waals surface area contributed by atoms with E-state index in [1.807, 2.05) is 42.5 Å². The molecule has 0 unspecified atom stereocenters. The number of hydrogen-bond donors (Lipinski definition) is 19. The van der Waals surface area contributed by atoms with E-state index < -0.39 is 192 Å². The van der Waals surface area contributed by atoms with Gasteiger partial charge in [0.1, 0.15) is 66.5 Å². The van der Waals surface area contributed by atoms with Gasteiger partial charge in [0.2, 0.25) is 82.7 Å². The second kappa shape index (κ2) is 42.8. The van der Waals surface area contributed by atoms with E-state index in [-0.39, 0.29) is 70.2 Å². The van der Waals surface area contributed by atoms with E-state index in [4.69, 9.17) is 22.9 Å². The Bertz CT molecular complexity index is 4280. The number of primary amides is 2. The topological polar surface area (TPSA) is 539 Å². The molecule has 7 rings (SSSR count). The zero-order valence-electron chi connectivity index (χ0n) is 63.3. The fourth-order valence-electron chi connectivity index (χ4n) is 12.8. The minimum atomic E-state index is -1.81.